The van der Waals surface area contributed by atoms with Crippen molar-refractivity contribution in [2.45, 2.75) is 237 Å². The molecule has 5 aromatic carbocycles. The predicted molar refractivity (Wildman–Crippen MR) is 553 cm³/mol. The molecule has 23 N–H and O–H groups in total. The first-order chi connectivity index (χ1) is 71.2. The number of carbonyl (C=O) groups excluding carboxylic acids is 18. The molecule has 0 radical (unpaired) electrons. The fourth-order valence-electron chi connectivity index (χ4n) is 15.7. The number of aliphatic hydroxyl groups is 4. The number of aliphatic hydroxyl groups excluding tert-OH is 4. The van der Waals surface area contributed by atoms with Gasteiger partial charge in [0, 0.05) is 51.9 Å². The first-order valence-electron chi connectivity index (χ1n) is 49.3. The smallest absolute Gasteiger partial charge is 0.331 e. The number of benzene rings is 5. The van der Waals surface area contributed by atoms with Crippen molar-refractivity contribution in [2.24, 2.45) is 29.2 Å². The molecule has 808 valence electrons. The van der Waals surface area contributed by atoms with Crippen LogP contribution in [0.4, 0.5) is 0 Å². The highest BCUT2D eigenvalue weighted by atomic mass is 16.6. The second-order valence-corrected chi connectivity index (χ2v) is 37.2. The van der Waals surface area contributed by atoms with Crippen LogP contribution in [0, 0.1) is 17.8 Å². The maximum Gasteiger partial charge on any atom is 0.331 e. The van der Waals surface area contributed by atoms with E-state index in [1.54, 1.807) is 131 Å². The molecule has 0 bridgehead atoms. The third-order valence-corrected chi connectivity index (χ3v) is 23.9. The van der Waals surface area contributed by atoms with Crippen LogP contribution in [0.1, 0.15) is 160 Å². The molecule has 0 spiro atoms. The maximum absolute atomic E-state index is 15.7. The highest BCUT2D eigenvalue weighted by Gasteiger charge is 2.44. The van der Waals surface area contributed by atoms with Crippen molar-refractivity contribution in [3.8, 4) is 11.5 Å². The third-order valence-electron chi connectivity index (χ3n) is 23.9. The third kappa shape index (κ3) is 38.7. The SMILES string of the molecule is CCC/C=C\c1ccccc1/C=C/C(=O)N[C@@H]1C(=O)N(C)/C(=C/c2ccc(O)cc2)C(=O)N[C@@H](CC(C)C)C(=O)N[C@H](Cc2ccccc2)C(=O)N[C@@H]([C@H](C)O)C(=O)N[C@@H](CC(N)=O)C(=O)N[C@@H](CO)C(=O)O[C@H](C)[C@H](NC(=O)CC=C2C=CNC[C@H]2/C=C\CCC)C(=O)N(C)/C(=C/c2ccc(O)cc2)C(=O)N[C@@H](CC(C)C)C(=O)N[C@H](Cc2ccccc2)C(=O)N[C@@H]([C@H](C)O)C(=O)N[C@@H](CC(N)=O)C(=O)N[C@@H](CO)C(=O)O[C@@H]1C. The minimum absolute atomic E-state index is 0.106. The van der Waals surface area contributed by atoms with Gasteiger partial charge in [-0.05, 0) is 159 Å². The van der Waals surface area contributed by atoms with Gasteiger partial charge in [-0.25, -0.2) is 9.59 Å². The average Bonchev–Trinajstić information content (AvgIpc) is 0.815. The van der Waals surface area contributed by atoms with Gasteiger partial charge in [-0.3, -0.25) is 76.7 Å². The van der Waals surface area contributed by atoms with Gasteiger partial charge in [-0.15, -0.1) is 0 Å². The van der Waals surface area contributed by atoms with E-state index in [2.05, 4.69) is 69.1 Å². The molecule has 43 heteroatoms. The summed E-state index contributed by atoms with van der Waals surface area (Å²) >= 11 is 0. The van der Waals surface area contributed by atoms with E-state index in [1.165, 1.54) is 54.6 Å². The maximum atomic E-state index is 15.7. The summed E-state index contributed by atoms with van der Waals surface area (Å²) in [5.74, 6) is -24.6. The van der Waals surface area contributed by atoms with E-state index in [0.29, 0.717) is 45.7 Å². The van der Waals surface area contributed by atoms with E-state index >= 15 is 38.4 Å². The van der Waals surface area contributed by atoms with Crippen LogP contribution in [0.3, 0.4) is 0 Å². The quantitative estimate of drug-likeness (QED) is 0.0174. The molecule has 7 rings (SSSR count). The number of rotatable bonds is 30. The van der Waals surface area contributed by atoms with Crippen LogP contribution in [0.25, 0.3) is 24.3 Å². The molecule has 0 aromatic heterocycles. The van der Waals surface area contributed by atoms with Crippen LogP contribution in [0.15, 0.2) is 193 Å². The van der Waals surface area contributed by atoms with Crippen molar-refractivity contribution >= 4 is 131 Å². The van der Waals surface area contributed by atoms with E-state index < -0.39 is 272 Å². The van der Waals surface area contributed by atoms with Gasteiger partial charge in [0.15, 0.2) is 12.1 Å². The van der Waals surface area contributed by atoms with Crippen LogP contribution < -0.4 is 80.6 Å². The minimum atomic E-state index is -2.21. The van der Waals surface area contributed by atoms with E-state index in [1.807, 2.05) is 38.2 Å². The van der Waals surface area contributed by atoms with Gasteiger partial charge >= 0.3 is 11.9 Å². The van der Waals surface area contributed by atoms with Crippen molar-refractivity contribution in [2.75, 3.05) is 33.9 Å². The Hall–Kier alpha value is -16.0. The molecule has 0 aliphatic carbocycles. The molecule has 0 saturated carbocycles. The summed E-state index contributed by atoms with van der Waals surface area (Å²) in [6.45, 7) is 12.6. The zero-order valence-corrected chi connectivity index (χ0v) is 85.8. The molecule has 1 fully saturated rings. The number of nitrogens with zero attached hydrogens (tertiary/aromatic N) is 2. The van der Waals surface area contributed by atoms with Crippen molar-refractivity contribution < 1.29 is 126 Å². The fraction of sp³-hybridized carbons (Fsp3) is 0.421. The number of ether oxygens (including phenoxy) is 2. The van der Waals surface area contributed by atoms with Crippen molar-refractivity contribution in [3.05, 3.63) is 226 Å². The monoisotopic (exact) mass is 2080 g/mol. The molecule has 1 saturated heterocycles. The molecule has 0 unspecified atom stereocenters. The number of phenolic OH excluding ortho intramolecular Hbond substituents is 2. The Morgan fingerprint density at radius 2 is 0.833 bits per heavy atom. The van der Waals surface area contributed by atoms with E-state index in [4.69, 9.17) is 20.9 Å². The second kappa shape index (κ2) is 60.3. The number of allylic oxidation sites excluding steroid dienone is 3. The Labute approximate surface area is 869 Å². The standard InChI is InChI=1S/C107H139N17O26/c1-13-15-19-31-70-32-25-26-33-71(70)39-45-88(133)119-92-64(9)149-106(147)82(58-125)117-96(137)80(55-86(108)131)115-102(143)90(62(7)127)121-99(140)79(52-67-29-23-18-24-30-67)112-95(136)77(50-61(5)6)114-101(142)85(54-69-37-43-75(130)44-38-69)124(12)105(146)93(120-89(134)46-40-72-47-48-110-57-73(72)34-20-16-14-2)65(10)150-107(148)83(59-126)118-97(138)81(56-87(109)132)116-103(144)91(63(8)128)122-98(139)78(51-66-27-21-17-22-28-66)111-94(135)76(49-60(3)4)113-100(141)84(123(11)104(92)145)53-68-35-41-74(129)42-36-68/h17-45,47-48,53-54,60-65,73,76-83,90-93,110,125-130H,13-16,46,49-52,55-59H2,1-12H3,(H2,108,131)(H2,109,132)(H,111,135)(H,112,136)(H,113,141)(H,114,142)(H,115,143)(H,116,144)(H,117,137)(H,118,138)(H,119,133)(H,120,134)(H,121,140)(H,122,139)/b31-19-,34-20-,45-39+,72-40?,84-53+,85-54+/t62-,63-,64+,65+,73+,76-,77-,78+,79+,80-,81-,82-,83-,90-,91-,92-,93-/m0/s1. The zero-order chi connectivity index (χ0) is 111. The number of hydrogen-bond donors (Lipinski definition) is 21. The van der Waals surface area contributed by atoms with E-state index in [0.717, 1.165) is 84.2 Å². The summed E-state index contributed by atoms with van der Waals surface area (Å²) in [4.78, 5) is 268. The number of esters is 2. The van der Waals surface area contributed by atoms with Gasteiger partial charge < -0.3 is 130 Å². The number of nitrogens with two attached hydrogens (primary N) is 2. The summed E-state index contributed by atoms with van der Waals surface area (Å²) in [6.07, 6.45) is 8.77. The highest BCUT2D eigenvalue weighted by molar-refractivity contribution is 6.08. The van der Waals surface area contributed by atoms with Gasteiger partial charge in [0.25, 0.3) is 23.6 Å². The number of unbranched alkanes of at least 4 members (excludes halogenated alkanes) is 2. The van der Waals surface area contributed by atoms with Crippen molar-refractivity contribution in [1.82, 2.24) is 78.9 Å². The first kappa shape index (κ1) is 121. The molecule has 150 heavy (non-hydrogen) atoms. The lowest BCUT2D eigenvalue weighted by atomic mass is 9.94. The Morgan fingerprint density at radius 1 is 0.460 bits per heavy atom. The molecule has 16 amide bonds. The molecule has 5 aromatic rings. The number of likely N-dealkylation sites (N-methyl/N-ethyl adjacent to an activating group) is 2. The molecular formula is C107H139N17O26. The first-order valence-corrected chi connectivity index (χ1v) is 49.3. The highest BCUT2D eigenvalue weighted by Crippen LogP contribution is 2.26. The van der Waals surface area contributed by atoms with E-state index in [9.17, 15) is 78.6 Å². The number of nitrogens with one attached hydrogen (secondary N) is 13. The Morgan fingerprint density at radius 3 is 1.23 bits per heavy atom. The summed E-state index contributed by atoms with van der Waals surface area (Å²) in [5.41, 5.74) is 12.9. The van der Waals surface area contributed by atoms with Gasteiger partial charge in [-0.1, -0.05) is 194 Å². The molecule has 43 nitrogen and oxygen atoms in total. The van der Waals surface area contributed by atoms with Crippen molar-refractivity contribution in [1.29, 1.82) is 0 Å². The minimum Gasteiger partial charge on any atom is -0.508 e. The van der Waals surface area contributed by atoms with Gasteiger partial charge in [0.2, 0.25) is 70.9 Å². The normalized spacial score (nSPS) is 24.3. The number of phenols is 2. The predicted octanol–water partition coefficient (Wildman–Crippen LogP) is 1.10. The lowest BCUT2D eigenvalue weighted by Crippen LogP contribution is -2.62. The van der Waals surface area contributed by atoms with Gasteiger partial charge in [-0.2, -0.15) is 0 Å². The lowest BCUT2D eigenvalue weighted by Gasteiger charge is -2.31. The number of aromatic hydroxyl groups is 2. The second-order valence-electron chi connectivity index (χ2n) is 37.2. The largest absolute Gasteiger partial charge is 0.508 e. The topological polar surface area (TPSA) is 662 Å². The van der Waals surface area contributed by atoms with E-state index in [-0.39, 0.29) is 41.4 Å². The van der Waals surface area contributed by atoms with Gasteiger partial charge in [0.1, 0.15) is 95.5 Å². The lowest BCUT2D eigenvalue weighted by molar-refractivity contribution is -0.158. The van der Waals surface area contributed by atoms with Gasteiger partial charge in [0.05, 0.1) is 38.3 Å². The molecular weight excluding hydrogens is 1940 g/mol. The van der Waals surface area contributed by atoms with Crippen LogP contribution in [-0.4, -0.2) is 278 Å². The molecule has 2 aliphatic heterocycles. The zero-order valence-electron chi connectivity index (χ0n) is 85.8. The molecule has 2 heterocycles. The Bertz CT molecular complexity index is 5770. The average molecular weight is 2080 g/mol. The fourth-order valence-corrected chi connectivity index (χ4v) is 15.7. The number of cyclic esters (lactones) is 2. The summed E-state index contributed by atoms with van der Waals surface area (Å²) in [5, 5.41) is 98.0. The van der Waals surface area contributed by atoms with Crippen LogP contribution in [0.5, 0.6) is 11.5 Å². The Balaban J connectivity index is 1.40. The van der Waals surface area contributed by atoms with Crippen LogP contribution >= 0.6 is 0 Å². The number of amides is 16. The Kier molecular flexibility index (Phi) is 48.6. The number of carbonyl (C=O) groups is 18. The number of primary amides is 2. The summed E-state index contributed by atoms with van der Waals surface area (Å²) in [7, 11) is 2.12. The molecule has 2 aliphatic rings. The number of hydrogen-bond acceptors (Lipinski definition) is 27. The summed E-state index contributed by atoms with van der Waals surface area (Å²) < 4.78 is 11.7. The van der Waals surface area contributed by atoms with Crippen molar-refractivity contribution in [3.63, 3.8) is 0 Å². The summed E-state index contributed by atoms with van der Waals surface area (Å²) in [6, 6.07) is 8.84. The van der Waals surface area contributed by atoms with Crippen LogP contribution in [-0.2, 0) is 109 Å². The van der Waals surface area contributed by atoms with Crippen LogP contribution in [0.2, 0.25) is 0 Å². The molecule has 17 atom stereocenters.